The zero-order valence-electron chi connectivity index (χ0n) is 12.1. The van der Waals surface area contributed by atoms with E-state index in [-0.39, 0.29) is 18.2 Å². The molecule has 1 unspecified atom stereocenters. The molecule has 1 N–H and O–H groups in total. The van der Waals surface area contributed by atoms with E-state index in [2.05, 4.69) is 10.4 Å². The lowest BCUT2D eigenvalue weighted by Crippen LogP contribution is -2.38. The summed E-state index contributed by atoms with van der Waals surface area (Å²) in [5, 5.41) is 6.58. The van der Waals surface area contributed by atoms with Gasteiger partial charge in [0, 0.05) is 25.7 Å². The molecule has 0 fully saturated rings. The van der Waals surface area contributed by atoms with E-state index in [1.807, 2.05) is 0 Å². The molecule has 0 radical (unpaired) electrons. The average molecular weight is 267 g/mol. The van der Waals surface area contributed by atoms with Crippen molar-refractivity contribution in [3.05, 3.63) is 18.0 Å². The number of nitrogens with one attached hydrogen (secondary N) is 1. The van der Waals surface area contributed by atoms with Crippen LogP contribution in [0.5, 0.6) is 0 Å². The molecular weight excluding hydrogens is 246 g/mol. The minimum atomic E-state index is -0.546. The number of rotatable bonds is 4. The fraction of sp³-hybridized carbons (Fsp3) is 0.615. The van der Waals surface area contributed by atoms with Crippen LogP contribution in [0.1, 0.15) is 44.6 Å². The minimum absolute atomic E-state index is 0.0661. The summed E-state index contributed by atoms with van der Waals surface area (Å²) in [5.41, 5.74) is -0.0200. The Kier molecular flexibility index (Phi) is 4.69. The molecule has 6 nitrogen and oxygen atoms in total. The Morgan fingerprint density at radius 2 is 2.11 bits per heavy atom. The summed E-state index contributed by atoms with van der Waals surface area (Å²) in [6.45, 7) is 7.13. The normalized spacial score (nSPS) is 12.9. The molecule has 0 aromatic carbocycles. The number of hydrogen-bond acceptors (Lipinski definition) is 4. The maximum Gasteiger partial charge on any atom is 0.407 e. The van der Waals surface area contributed by atoms with Crippen molar-refractivity contribution >= 4 is 11.9 Å². The minimum Gasteiger partial charge on any atom is -0.444 e. The molecule has 0 spiro atoms. The lowest BCUT2D eigenvalue weighted by atomic mass is 10.1. The van der Waals surface area contributed by atoms with Crippen LogP contribution in [-0.2, 0) is 11.8 Å². The molecule has 0 saturated heterocycles. The van der Waals surface area contributed by atoms with Gasteiger partial charge in [0.1, 0.15) is 11.3 Å². The van der Waals surface area contributed by atoms with E-state index in [1.54, 1.807) is 47.0 Å². The van der Waals surface area contributed by atoms with E-state index in [1.165, 1.54) is 4.68 Å². The number of hydrogen-bond donors (Lipinski definition) is 1. The van der Waals surface area contributed by atoms with Gasteiger partial charge in [-0.25, -0.2) is 4.79 Å². The molecule has 106 valence electrons. The fourth-order valence-corrected chi connectivity index (χ4v) is 1.59. The predicted octanol–water partition coefficient (Wildman–Crippen LogP) is 1.91. The maximum atomic E-state index is 12.0. The number of nitrogens with zero attached hydrogens (tertiary/aromatic N) is 2. The van der Waals surface area contributed by atoms with E-state index < -0.39 is 11.7 Å². The first-order valence-corrected chi connectivity index (χ1v) is 6.20. The molecule has 1 aromatic heterocycles. The van der Waals surface area contributed by atoms with E-state index in [4.69, 9.17) is 4.74 Å². The largest absolute Gasteiger partial charge is 0.444 e. The van der Waals surface area contributed by atoms with Crippen molar-refractivity contribution < 1.29 is 14.3 Å². The van der Waals surface area contributed by atoms with Crippen LogP contribution >= 0.6 is 0 Å². The molecule has 1 rings (SSSR count). The van der Waals surface area contributed by atoms with Gasteiger partial charge in [0.2, 0.25) is 0 Å². The number of Topliss-reactive ketones (excluding diaryl/α,β-unsaturated/α-hetero) is 1. The highest BCUT2D eigenvalue weighted by Gasteiger charge is 2.20. The Hall–Kier alpha value is -1.85. The van der Waals surface area contributed by atoms with Crippen molar-refractivity contribution in [3.63, 3.8) is 0 Å². The standard InChI is InChI=1S/C13H21N3O3/c1-9(15-12(18)19-13(2,3)4)8-11(17)10-6-7-14-16(10)5/h6-7,9H,8H2,1-5H3,(H,15,18). The second-order valence-electron chi connectivity index (χ2n) is 5.51. The molecule has 0 saturated carbocycles. The number of carbonyl (C=O) groups is 2. The van der Waals surface area contributed by atoms with Gasteiger partial charge in [-0.2, -0.15) is 5.10 Å². The number of amides is 1. The molecule has 1 aromatic rings. The summed E-state index contributed by atoms with van der Waals surface area (Å²) in [4.78, 5) is 23.5. The molecule has 0 aliphatic carbocycles. The van der Waals surface area contributed by atoms with Crippen molar-refractivity contribution in [1.82, 2.24) is 15.1 Å². The van der Waals surface area contributed by atoms with Crippen molar-refractivity contribution in [2.75, 3.05) is 0 Å². The maximum absolute atomic E-state index is 12.0. The topological polar surface area (TPSA) is 73.2 Å². The highest BCUT2D eigenvalue weighted by molar-refractivity contribution is 5.95. The quantitative estimate of drug-likeness (QED) is 0.846. The van der Waals surface area contributed by atoms with E-state index in [0.717, 1.165) is 0 Å². The molecule has 6 heteroatoms. The van der Waals surface area contributed by atoms with Gasteiger partial charge in [-0.15, -0.1) is 0 Å². The lowest BCUT2D eigenvalue weighted by Gasteiger charge is -2.21. The highest BCUT2D eigenvalue weighted by atomic mass is 16.6. The first-order valence-electron chi connectivity index (χ1n) is 6.20. The van der Waals surface area contributed by atoms with Crippen LogP contribution in [0.3, 0.4) is 0 Å². The summed E-state index contributed by atoms with van der Waals surface area (Å²) < 4.78 is 6.64. The van der Waals surface area contributed by atoms with E-state index in [9.17, 15) is 9.59 Å². The van der Waals surface area contributed by atoms with Gasteiger partial charge >= 0.3 is 6.09 Å². The molecular formula is C13H21N3O3. The molecule has 1 amide bonds. The van der Waals surface area contributed by atoms with E-state index >= 15 is 0 Å². The molecule has 0 aliphatic rings. The number of aryl methyl sites for hydroxylation is 1. The molecule has 1 heterocycles. The van der Waals surface area contributed by atoms with Gasteiger partial charge in [-0.05, 0) is 33.8 Å². The van der Waals surface area contributed by atoms with Crippen LogP contribution in [-0.4, -0.2) is 33.3 Å². The number of alkyl carbamates (subject to hydrolysis) is 1. The lowest BCUT2D eigenvalue weighted by molar-refractivity contribution is 0.0506. The van der Waals surface area contributed by atoms with E-state index in [0.29, 0.717) is 5.69 Å². The number of aromatic nitrogens is 2. The third-order valence-electron chi connectivity index (χ3n) is 2.36. The van der Waals surface area contributed by atoms with Crippen LogP contribution in [0.4, 0.5) is 4.79 Å². The Balaban J connectivity index is 2.48. The zero-order valence-corrected chi connectivity index (χ0v) is 12.1. The number of ether oxygens (including phenoxy) is 1. The van der Waals surface area contributed by atoms with Gasteiger partial charge < -0.3 is 10.1 Å². The summed E-state index contributed by atoms with van der Waals surface area (Å²) in [7, 11) is 1.71. The van der Waals surface area contributed by atoms with Crippen molar-refractivity contribution in [3.8, 4) is 0 Å². The van der Waals surface area contributed by atoms with Gasteiger partial charge in [0.15, 0.2) is 5.78 Å². The molecule has 0 aliphatic heterocycles. The van der Waals surface area contributed by atoms with Crippen LogP contribution in [0, 0.1) is 0 Å². The van der Waals surface area contributed by atoms with Gasteiger partial charge in [-0.1, -0.05) is 0 Å². The summed E-state index contributed by atoms with van der Waals surface area (Å²) >= 11 is 0. The Bertz CT molecular complexity index is 460. The SMILES string of the molecule is CC(CC(=O)c1ccnn1C)NC(=O)OC(C)(C)C. The van der Waals surface area contributed by atoms with Gasteiger partial charge in [0.25, 0.3) is 0 Å². The first-order chi connectivity index (χ1) is 8.69. The Labute approximate surface area is 113 Å². The second kappa shape index (κ2) is 5.86. The van der Waals surface area contributed by atoms with Crippen LogP contribution < -0.4 is 5.32 Å². The smallest absolute Gasteiger partial charge is 0.407 e. The van der Waals surface area contributed by atoms with Crippen LogP contribution in [0.25, 0.3) is 0 Å². The Morgan fingerprint density at radius 1 is 1.47 bits per heavy atom. The first kappa shape index (κ1) is 15.2. The summed E-state index contributed by atoms with van der Waals surface area (Å²) in [5.74, 6) is -0.0661. The second-order valence-corrected chi connectivity index (χ2v) is 5.51. The highest BCUT2D eigenvalue weighted by Crippen LogP contribution is 2.08. The predicted molar refractivity (Wildman–Crippen MR) is 71.0 cm³/mol. The summed E-state index contributed by atoms with van der Waals surface area (Å²) in [6.07, 6.45) is 1.26. The average Bonchev–Trinajstić information content (AvgIpc) is 2.60. The third-order valence-corrected chi connectivity index (χ3v) is 2.36. The molecule has 19 heavy (non-hydrogen) atoms. The van der Waals surface area contributed by atoms with Crippen molar-refractivity contribution in [2.24, 2.45) is 7.05 Å². The van der Waals surface area contributed by atoms with Gasteiger partial charge in [0.05, 0.1) is 0 Å². The number of carbonyl (C=O) groups excluding carboxylic acids is 2. The van der Waals surface area contributed by atoms with Crippen LogP contribution in [0.15, 0.2) is 12.3 Å². The van der Waals surface area contributed by atoms with Gasteiger partial charge in [-0.3, -0.25) is 9.48 Å². The monoisotopic (exact) mass is 267 g/mol. The Morgan fingerprint density at radius 3 is 2.58 bits per heavy atom. The molecule has 0 bridgehead atoms. The van der Waals surface area contributed by atoms with Crippen molar-refractivity contribution in [1.29, 1.82) is 0 Å². The summed E-state index contributed by atoms with van der Waals surface area (Å²) in [6, 6.07) is 1.36. The zero-order chi connectivity index (χ0) is 14.6. The third kappa shape index (κ3) is 5.11. The number of ketones is 1. The van der Waals surface area contributed by atoms with Crippen LogP contribution in [0.2, 0.25) is 0 Å². The molecule has 1 atom stereocenters. The van der Waals surface area contributed by atoms with Crippen molar-refractivity contribution in [2.45, 2.75) is 45.8 Å². The fourth-order valence-electron chi connectivity index (χ4n) is 1.59.